The maximum atomic E-state index is 11.8. The van der Waals surface area contributed by atoms with Crippen LogP contribution in [-0.2, 0) is 9.53 Å². The summed E-state index contributed by atoms with van der Waals surface area (Å²) in [6, 6.07) is 2.00. The highest BCUT2D eigenvalue weighted by atomic mass is 16.5. The van der Waals surface area contributed by atoms with E-state index in [0.717, 1.165) is 19.3 Å². The Morgan fingerprint density at radius 1 is 1.60 bits per heavy atom. The first kappa shape index (κ1) is 12.0. The zero-order valence-corrected chi connectivity index (χ0v) is 9.45. The molecular formula is C11H18N2O2. The van der Waals surface area contributed by atoms with Gasteiger partial charge in [0.25, 0.3) is 0 Å². The van der Waals surface area contributed by atoms with E-state index in [9.17, 15) is 4.79 Å². The number of nitriles is 1. The summed E-state index contributed by atoms with van der Waals surface area (Å²) in [6.07, 6.45) is 3.46. The molecule has 4 nitrogen and oxygen atoms in total. The number of carbonyl (C=O) groups is 1. The minimum Gasteiger partial charge on any atom is -0.378 e. The molecule has 0 spiro atoms. The first-order valence-corrected chi connectivity index (χ1v) is 5.37. The molecule has 1 rings (SSSR count). The van der Waals surface area contributed by atoms with Gasteiger partial charge in [0.2, 0.25) is 5.91 Å². The van der Waals surface area contributed by atoms with Gasteiger partial charge < -0.3 is 9.64 Å². The lowest BCUT2D eigenvalue weighted by Crippen LogP contribution is -2.45. The summed E-state index contributed by atoms with van der Waals surface area (Å²) in [5.74, 6) is 0.0283. The van der Waals surface area contributed by atoms with Crippen molar-refractivity contribution >= 4 is 5.91 Å². The van der Waals surface area contributed by atoms with Gasteiger partial charge in [-0.2, -0.15) is 5.26 Å². The first-order valence-electron chi connectivity index (χ1n) is 5.37. The molecule has 0 saturated heterocycles. The van der Waals surface area contributed by atoms with Gasteiger partial charge in [-0.1, -0.05) is 0 Å². The highest BCUT2D eigenvalue weighted by molar-refractivity contribution is 5.77. The van der Waals surface area contributed by atoms with E-state index in [2.05, 4.69) is 0 Å². The van der Waals surface area contributed by atoms with Crippen LogP contribution in [0.15, 0.2) is 0 Å². The highest BCUT2D eigenvalue weighted by Crippen LogP contribution is 2.38. The van der Waals surface area contributed by atoms with Crippen LogP contribution in [0.25, 0.3) is 0 Å². The van der Waals surface area contributed by atoms with Gasteiger partial charge in [-0.05, 0) is 26.2 Å². The van der Waals surface area contributed by atoms with Crippen molar-refractivity contribution in [1.82, 2.24) is 4.90 Å². The van der Waals surface area contributed by atoms with Crippen LogP contribution in [0.3, 0.4) is 0 Å². The van der Waals surface area contributed by atoms with Crippen molar-refractivity contribution in [2.45, 2.75) is 38.2 Å². The van der Waals surface area contributed by atoms with Crippen LogP contribution in [-0.4, -0.2) is 36.6 Å². The van der Waals surface area contributed by atoms with Crippen LogP contribution in [0.1, 0.15) is 32.6 Å². The molecule has 4 heteroatoms. The molecule has 0 heterocycles. The second kappa shape index (κ2) is 5.13. The predicted octanol–water partition coefficient (Wildman–Crippen LogP) is 1.32. The van der Waals surface area contributed by atoms with Crippen molar-refractivity contribution in [3.63, 3.8) is 0 Å². The van der Waals surface area contributed by atoms with Gasteiger partial charge in [0.1, 0.15) is 6.54 Å². The number of methoxy groups -OCH3 is 1. The highest BCUT2D eigenvalue weighted by Gasteiger charge is 2.39. The first-order chi connectivity index (χ1) is 7.17. The van der Waals surface area contributed by atoms with Crippen molar-refractivity contribution in [1.29, 1.82) is 5.26 Å². The standard InChI is InChI=1S/C11H18N2O2/c1-3-13(8-7-12)10(14)9-11(15-2)5-4-6-11/h3-6,8-9H2,1-2H3. The van der Waals surface area contributed by atoms with Crippen molar-refractivity contribution in [2.24, 2.45) is 0 Å². The number of amides is 1. The molecule has 1 aliphatic carbocycles. The molecule has 0 aromatic carbocycles. The molecule has 84 valence electrons. The molecule has 0 bridgehead atoms. The van der Waals surface area contributed by atoms with E-state index in [0.29, 0.717) is 13.0 Å². The van der Waals surface area contributed by atoms with E-state index in [4.69, 9.17) is 10.00 Å². The van der Waals surface area contributed by atoms with E-state index in [1.165, 1.54) is 0 Å². The quantitative estimate of drug-likeness (QED) is 0.643. The Balaban J connectivity index is 2.49. The van der Waals surface area contributed by atoms with E-state index < -0.39 is 0 Å². The molecule has 0 unspecified atom stereocenters. The third-order valence-electron chi connectivity index (χ3n) is 3.17. The van der Waals surface area contributed by atoms with E-state index >= 15 is 0 Å². The summed E-state index contributed by atoms with van der Waals surface area (Å²) < 4.78 is 5.39. The molecule has 0 aromatic rings. The summed E-state index contributed by atoms with van der Waals surface area (Å²) in [7, 11) is 1.66. The SMILES string of the molecule is CCN(CC#N)C(=O)CC1(OC)CCC1. The Morgan fingerprint density at radius 2 is 2.27 bits per heavy atom. The number of nitrogens with zero attached hydrogens (tertiary/aromatic N) is 2. The molecule has 1 saturated carbocycles. The minimum absolute atomic E-state index is 0.0283. The molecule has 1 fully saturated rings. The lowest BCUT2D eigenvalue weighted by atomic mass is 9.77. The van der Waals surface area contributed by atoms with Gasteiger partial charge >= 0.3 is 0 Å². The predicted molar refractivity (Wildman–Crippen MR) is 56.1 cm³/mol. The fourth-order valence-corrected chi connectivity index (χ4v) is 1.87. The molecular weight excluding hydrogens is 192 g/mol. The van der Waals surface area contributed by atoms with Gasteiger partial charge in [-0.3, -0.25) is 4.79 Å². The van der Waals surface area contributed by atoms with Gasteiger partial charge in [0.15, 0.2) is 0 Å². The smallest absolute Gasteiger partial charge is 0.226 e. The van der Waals surface area contributed by atoms with Crippen LogP contribution in [0.4, 0.5) is 0 Å². The van der Waals surface area contributed by atoms with E-state index in [-0.39, 0.29) is 18.1 Å². The molecule has 0 radical (unpaired) electrons. The average molecular weight is 210 g/mol. The van der Waals surface area contributed by atoms with Gasteiger partial charge in [-0.15, -0.1) is 0 Å². The zero-order valence-electron chi connectivity index (χ0n) is 9.45. The topological polar surface area (TPSA) is 53.3 Å². The molecule has 1 aliphatic rings. The summed E-state index contributed by atoms with van der Waals surface area (Å²) >= 11 is 0. The third-order valence-corrected chi connectivity index (χ3v) is 3.17. The summed E-state index contributed by atoms with van der Waals surface area (Å²) in [4.78, 5) is 13.4. The lowest BCUT2D eigenvalue weighted by molar-refractivity contribution is -0.143. The molecule has 0 N–H and O–H groups in total. The minimum atomic E-state index is -0.236. The molecule has 0 aromatic heterocycles. The zero-order chi connectivity index (χ0) is 11.3. The number of rotatable bonds is 5. The Morgan fingerprint density at radius 3 is 2.60 bits per heavy atom. The average Bonchev–Trinajstić information content (AvgIpc) is 2.19. The molecule has 1 amide bonds. The van der Waals surface area contributed by atoms with Crippen LogP contribution >= 0.6 is 0 Å². The van der Waals surface area contributed by atoms with E-state index in [1.807, 2.05) is 13.0 Å². The molecule has 0 aliphatic heterocycles. The number of hydrogen-bond acceptors (Lipinski definition) is 3. The summed E-state index contributed by atoms with van der Waals surface area (Å²) in [6.45, 7) is 2.65. The largest absolute Gasteiger partial charge is 0.378 e. The fraction of sp³-hybridized carbons (Fsp3) is 0.818. The Kier molecular flexibility index (Phi) is 4.10. The Hall–Kier alpha value is -1.08. The van der Waals surface area contributed by atoms with E-state index in [1.54, 1.807) is 12.0 Å². The second-order valence-electron chi connectivity index (χ2n) is 3.98. The molecule has 15 heavy (non-hydrogen) atoms. The number of ether oxygens (including phenoxy) is 1. The normalized spacial score (nSPS) is 17.7. The van der Waals surface area contributed by atoms with Gasteiger partial charge in [0, 0.05) is 13.7 Å². The molecule has 0 atom stereocenters. The van der Waals surface area contributed by atoms with Crippen molar-refractivity contribution < 1.29 is 9.53 Å². The Bertz CT molecular complexity index is 261. The maximum Gasteiger partial charge on any atom is 0.226 e. The van der Waals surface area contributed by atoms with Gasteiger partial charge in [-0.25, -0.2) is 0 Å². The number of hydrogen-bond donors (Lipinski definition) is 0. The Labute approximate surface area is 90.8 Å². The summed E-state index contributed by atoms with van der Waals surface area (Å²) in [5.41, 5.74) is -0.236. The van der Waals surface area contributed by atoms with Crippen molar-refractivity contribution in [3.05, 3.63) is 0 Å². The maximum absolute atomic E-state index is 11.8. The third kappa shape index (κ3) is 2.69. The van der Waals surface area contributed by atoms with Crippen LogP contribution < -0.4 is 0 Å². The van der Waals surface area contributed by atoms with Crippen LogP contribution in [0.2, 0.25) is 0 Å². The van der Waals surface area contributed by atoms with Gasteiger partial charge in [0.05, 0.1) is 18.1 Å². The lowest BCUT2D eigenvalue weighted by Gasteiger charge is -2.40. The second-order valence-corrected chi connectivity index (χ2v) is 3.98. The summed E-state index contributed by atoms with van der Waals surface area (Å²) in [5, 5.41) is 8.57. The van der Waals surface area contributed by atoms with Crippen LogP contribution in [0, 0.1) is 11.3 Å². The number of carbonyl (C=O) groups excluding carboxylic acids is 1. The van der Waals surface area contributed by atoms with Crippen LogP contribution in [0.5, 0.6) is 0 Å². The van der Waals surface area contributed by atoms with Crippen molar-refractivity contribution in [2.75, 3.05) is 20.2 Å². The fourth-order valence-electron chi connectivity index (χ4n) is 1.87. The monoisotopic (exact) mass is 210 g/mol. The van der Waals surface area contributed by atoms with Crippen molar-refractivity contribution in [3.8, 4) is 6.07 Å².